The number of aromatic nitrogens is 2. The first-order chi connectivity index (χ1) is 12.4. The molecule has 0 aliphatic rings. The minimum atomic E-state index is -3.95. The number of nitrogens with one attached hydrogen (secondary N) is 2. The highest BCUT2D eigenvalue weighted by molar-refractivity contribution is 7.93. The molecule has 0 aliphatic carbocycles. The van der Waals surface area contributed by atoms with Crippen molar-refractivity contribution in [2.24, 2.45) is 0 Å². The van der Waals surface area contributed by atoms with Gasteiger partial charge in [0.05, 0.1) is 27.7 Å². The van der Waals surface area contributed by atoms with Crippen molar-refractivity contribution in [3.8, 4) is 0 Å². The van der Waals surface area contributed by atoms with E-state index in [-0.39, 0.29) is 16.3 Å². The monoisotopic (exact) mass is 394 g/mol. The Morgan fingerprint density at radius 2 is 1.62 bits per heavy atom. The number of anilines is 1. The molecule has 1 aromatic carbocycles. The Morgan fingerprint density at radius 1 is 0.923 bits per heavy atom. The van der Waals surface area contributed by atoms with Crippen molar-refractivity contribution in [2.75, 3.05) is 4.72 Å². The lowest BCUT2D eigenvalue weighted by atomic mass is 10.4. The lowest BCUT2D eigenvalue weighted by Crippen LogP contribution is -2.24. The van der Waals surface area contributed by atoms with Gasteiger partial charge in [0.15, 0.2) is 0 Å². The van der Waals surface area contributed by atoms with E-state index >= 15 is 0 Å². The van der Waals surface area contributed by atoms with Gasteiger partial charge in [0.1, 0.15) is 6.26 Å². The van der Waals surface area contributed by atoms with Gasteiger partial charge >= 0.3 is 0 Å². The van der Waals surface area contributed by atoms with Crippen molar-refractivity contribution in [1.82, 2.24) is 14.9 Å². The zero-order valence-corrected chi connectivity index (χ0v) is 14.9. The van der Waals surface area contributed by atoms with Gasteiger partial charge in [-0.3, -0.25) is 9.71 Å². The minimum Gasteiger partial charge on any atom is -0.364 e. The van der Waals surface area contributed by atoms with Crippen LogP contribution in [0, 0.1) is 0 Å². The first-order valence-electron chi connectivity index (χ1n) is 7.29. The number of sulfonamides is 2. The normalized spacial score (nSPS) is 12.0. The summed E-state index contributed by atoms with van der Waals surface area (Å²) in [4.78, 5) is 3.44. The van der Waals surface area contributed by atoms with Gasteiger partial charge in [-0.2, -0.15) is 0 Å². The Bertz CT molecular complexity index is 1080. The molecule has 0 atom stereocenters. The molecular formula is C15H14N4O5S2. The van der Waals surface area contributed by atoms with E-state index in [2.05, 4.69) is 24.1 Å². The fourth-order valence-electron chi connectivity index (χ4n) is 2.02. The van der Waals surface area contributed by atoms with Crippen LogP contribution in [-0.2, 0) is 26.6 Å². The lowest BCUT2D eigenvalue weighted by molar-refractivity contribution is 0.411. The highest BCUT2D eigenvalue weighted by atomic mass is 32.2. The summed E-state index contributed by atoms with van der Waals surface area (Å²) in [5.74, 6) is 0. The van der Waals surface area contributed by atoms with Gasteiger partial charge in [-0.1, -0.05) is 11.2 Å². The van der Waals surface area contributed by atoms with Gasteiger partial charge < -0.3 is 4.52 Å². The summed E-state index contributed by atoms with van der Waals surface area (Å²) in [6.45, 7) is -0.0783. The molecule has 11 heteroatoms. The third-order valence-electron chi connectivity index (χ3n) is 3.29. The molecule has 2 heterocycles. The number of hydrogen-bond donors (Lipinski definition) is 2. The second-order valence-electron chi connectivity index (χ2n) is 5.13. The van der Waals surface area contributed by atoms with Crippen LogP contribution >= 0.6 is 0 Å². The van der Waals surface area contributed by atoms with Crippen molar-refractivity contribution in [1.29, 1.82) is 0 Å². The Hall–Kier alpha value is -2.76. The zero-order valence-electron chi connectivity index (χ0n) is 13.2. The predicted molar refractivity (Wildman–Crippen MR) is 92.0 cm³/mol. The maximum Gasteiger partial charge on any atom is 0.261 e. The maximum absolute atomic E-state index is 12.5. The summed E-state index contributed by atoms with van der Waals surface area (Å²) in [7, 11) is -7.88. The smallest absolute Gasteiger partial charge is 0.261 e. The van der Waals surface area contributed by atoms with Gasteiger partial charge in [-0.25, -0.2) is 21.6 Å². The second-order valence-corrected chi connectivity index (χ2v) is 8.58. The van der Waals surface area contributed by atoms with E-state index in [1.165, 1.54) is 55.1 Å². The van der Waals surface area contributed by atoms with E-state index < -0.39 is 20.0 Å². The molecule has 0 aliphatic heterocycles. The summed E-state index contributed by atoms with van der Waals surface area (Å²) in [5.41, 5.74) is 0.717. The molecule has 9 nitrogen and oxygen atoms in total. The number of nitrogens with zero attached hydrogens (tertiary/aromatic N) is 2. The Kier molecular flexibility index (Phi) is 5.02. The zero-order chi connectivity index (χ0) is 18.6. The van der Waals surface area contributed by atoms with Crippen LogP contribution in [0.5, 0.6) is 0 Å². The molecule has 0 unspecified atom stereocenters. The molecular weight excluding hydrogens is 380 g/mol. The van der Waals surface area contributed by atoms with Crippen LogP contribution in [0.4, 0.5) is 5.69 Å². The summed E-state index contributed by atoms with van der Waals surface area (Å²) in [5, 5.41) is 3.60. The molecule has 0 saturated carbocycles. The number of benzene rings is 1. The molecule has 3 rings (SSSR count). The van der Waals surface area contributed by atoms with Crippen LogP contribution in [0.15, 0.2) is 75.4 Å². The summed E-state index contributed by atoms with van der Waals surface area (Å²) in [6, 6.07) is 9.52. The van der Waals surface area contributed by atoms with Crippen LogP contribution in [0.25, 0.3) is 0 Å². The molecule has 2 aromatic heterocycles. The van der Waals surface area contributed by atoms with Gasteiger partial charge in [0.2, 0.25) is 10.0 Å². The third kappa shape index (κ3) is 4.25. The molecule has 3 aromatic rings. The van der Waals surface area contributed by atoms with Crippen LogP contribution < -0.4 is 9.44 Å². The molecule has 0 spiro atoms. The molecule has 26 heavy (non-hydrogen) atoms. The van der Waals surface area contributed by atoms with E-state index in [0.717, 1.165) is 6.07 Å². The SMILES string of the molecule is O=S(=O)(NCc1ccon1)c1cccc(S(=O)(=O)Nc2ccncc2)c1. The highest BCUT2D eigenvalue weighted by Crippen LogP contribution is 2.19. The minimum absolute atomic E-state index is 0.0783. The van der Waals surface area contributed by atoms with Gasteiger partial charge in [-0.15, -0.1) is 0 Å². The Labute approximate surface area is 150 Å². The van der Waals surface area contributed by atoms with E-state index in [4.69, 9.17) is 0 Å². The summed E-state index contributed by atoms with van der Waals surface area (Å²) < 4.78 is 59.0. The molecule has 136 valence electrons. The molecule has 0 fully saturated rings. The van der Waals surface area contributed by atoms with E-state index in [9.17, 15) is 16.8 Å². The average Bonchev–Trinajstić information content (AvgIpc) is 3.14. The van der Waals surface area contributed by atoms with Crippen molar-refractivity contribution < 1.29 is 21.4 Å². The largest absolute Gasteiger partial charge is 0.364 e. The second kappa shape index (κ2) is 7.23. The first-order valence-corrected chi connectivity index (χ1v) is 10.3. The molecule has 0 amide bonds. The van der Waals surface area contributed by atoms with Gasteiger partial charge in [-0.05, 0) is 30.3 Å². The number of pyridine rings is 1. The van der Waals surface area contributed by atoms with E-state index in [1.807, 2.05) is 0 Å². The quantitative estimate of drug-likeness (QED) is 0.618. The lowest BCUT2D eigenvalue weighted by Gasteiger charge is -2.10. The third-order valence-corrected chi connectivity index (χ3v) is 6.07. The maximum atomic E-state index is 12.5. The predicted octanol–water partition coefficient (Wildman–Crippen LogP) is 1.35. The molecule has 0 saturated heterocycles. The fraction of sp³-hybridized carbons (Fsp3) is 0.0667. The van der Waals surface area contributed by atoms with Crippen molar-refractivity contribution in [3.63, 3.8) is 0 Å². The Balaban J connectivity index is 1.83. The molecule has 2 N–H and O–H groups in total. The van der Waals surface area contributed by atoms with Crippen LogP contribution in [-0.4, -0.2) is 27.0 Å². The van der Waals surface area contributed by atoms with Crippen molar-refractivity contribution >= 4 is 25.7 Å². The van der Waals surface area contributed by atoms with Crippen LogP contribution in [0.1, 0.15) is 5.69 Å². The highest BCUT2D eigenvalue weighted by Gasteiger charge is 2.20. The van der Waals surface area contributed by atoms with Gasteiger partial charge in [0.25, 0.3) is 10.0 Å². The van der Waals surface area contributed by atoms with Crippen LogP contribution in [0.2, 0.25) is 0 Å². The molecule has 0 bridgehead atoms. The standard InChI is InChI=1S/C15H14N4O5S2/c20-25(21,17-11-13-6-9-24-18-13)14-2-1-3-15(10-14)26(22,23)19-12-4-7-16-8-5-12/h1-10,17H,11H2,(H,16,19). The average molecular weight is 394 g/mol. The first kappa shape index (κ1) is 18.0. The van der Waals surface area contributed by atoms with E-state index in [0.29, 0.717) is 11.4 Å². The van der Waals surface area contributed by atoms with Crippen molar-refractivity contribution in [2.45, 2.75) is 16.3 Å². The van der Waals surface area contributed by atoms with Gasteiger partial charge in [0, 0.05) is 18.5 Å². The fourth-order valence-corrected chi connectivity index (χ4v) is 4.25. The Morgan fingerprint density at radius 3 is 2.27 bits per heavy atom. The number of rotatable bonds is 7. The van der Waals surface area contributed by atoms with E-state index in [1.54, 1.807) is 0 Å². The topological polar surface area (TPSA) is 131 Å². The molecule has 0 radical (unpaired) electrons. The van der Waals surface area contributed by atoms with Crippen LogP contribution in [0.3, 0.4) is 0 Å². The number of hydrogen-bond acceptors (Lipinski definition) is 7. The summed E-state index contributed by atoms with van der Waals surface area (Å²) >= 11 is 0. The summed E-state index contributed by atoms with van der Waals surface area (Å²) in [6.07, 6.45) is 4.20. The van der Waals surface area contributed by atoms with Crippen molar-refractivity contribution in [3.05, 3.63) is 66.8 Å².